The Morgan fingerprint density at radius 1 is 1.07 bits per heavy atom. The molecular weight excluding hydrogens is 415 g/mol. The van der Waals surface area contributed by atoms with Crippen LogP contribution in [0.5, 0.6) is 0 Å². The van der Waals surface area contributed by atoms with E-state index in [1.165, 1.54) is 23.8 Å². The van der Waals surface area contributed by atoms with Gasteiger partial charge in [0, 0.05) is 37.2 Å². The molecule has 162 valence electrons. The fourth-order valence-electron chi connectivity index (χ4n) is 3.85. The lowest BCUT2D eigenvalue weighted by Crippen LogP contribution is -2.49. The Balaban J connectivity index is 1.54. The van der Waals surface area contributed by atoms with Gasteiger partial charge in [-0.25, -0.2) is 0 Å². The Hall–Kier alpha value is -2.09. The third-order valence-electron chi connectivity index (χ3n) is 5.36. The highest BCUT2D eigenvalue weighted by Gasteiger charge is 2.33. The Morgan fingerprint density at radius 2 is 1.70 bits per heavy atom. The topological polar surface area (TPSA) is 35.6 Å². The molecule has 30 heavy (non-hydrogen) atoms. The number of carbonyl (C=O) groups excluding carboxylic acids is 1. The summed E-state index contributed by atoms with van der Waals surface area (Å²) in [4.78, 5) is 16.7. The highest BCUT2D eigenvalue weighted by atomic mass is 35.5. The van der Waals surface area contributed by atoms with E-state index in [0.29, 0.717) is 18.1 Å². The summed E-state index contributed by atoms with van der Waals surface area (Å²) in [6.07, 6.45) is -3.55. The van der Waals surface area contributed by atoms with E-state index in [2.05, 4.69) is 17.1 Å². The minimum atomic E-state index is -4.51. The summed E-state index contributed by atoms with van der Waals surface area (Å²) in [6, 6.07) is 13.2. The summed E-state index contributed by atoms with van der Waals surface area (Å²) in [5.41, 5.74) is 0.163. The number of anilines is 1. The molecule has 0 saturated carbocycles. The molecular formula is C22H25ClF3N3O. The Morgan fingerprint density at radius 3 is 2.30 bits per heavy atom. The molecule has 8 heteroatoms. The van der Waals surface area contributed by atoms with Crippen LogP contribution >= 0.6 is 11.6 Å². The van der Waals surface area contributed by atoms with E-state index in [0.717, 1.165) is 25.6 Å². The molecule has 1 fully saturated rings. The Kier molecular flexibility index (Phi) is 7.39. The second-order valence-corrected chi connectivity index (χ2v) is 7.82. The van der Waals surface area contributed by atoms with Crippen molar-refractivity contribution < 1.29 is 18.0 Å². The third kappa shape index (κ3) is 5.74. The Bertz CT molecular complexity index is 849. The molecule has 0 radical (unpaired) electrons. The highest BCUT2D eigenvalue weighted by Crippen LogP contribution is 2.34. The van der Waals surface area contributed by atoms with E-state index in [1.807, 2.05) is 29.2 Å². The molecule has 0 aliphatic carbocycles. The number of halogens is 4. The van der Waals surface area contributed by atoms with Gasteiger partial charge in [0.1, 0.15) is 0 Å². The van der Waals surface area contributed by atoms with Crippen molar-refractivity contribution in [2.45, 2.75) is 25.6 Å². The van der Waals surface area contributed by atoms with Gasteiger partial charge >= 0.3 is 6.18 Å². The average Bonchev–Trinajstić information content (AvgIpc) is 2.71. The van der Waals surface area contributed by atoms with Crippen LogP contribution in [0.4, 0.5) is 18.9 Å². The van der Waals surface area contributed by atoms with Crippen molar-refractivity contribution in [3.8, 4) is 0 Å². The first-order valence-electron chi connectivity index (χ1n) is 9.96. The number of amides is 1. The largest absolute Gasteiger partial charge is 0.418 e. The normalized spacial score (nSPS) is 17.0. The molecule has 1 aliphatic rings. The number of hydrogen-bond donors (Lipinski definition) is 1. The summed E-state index contributed by atoms with van der Waals surface area (Å²) in [5, 5.41) is 3.12. The zero-order valence-electron chi connectivity index (χ0n) is 16.8. The van der Waals surface area contributed by atoms with E-state index in [-0.39, 0.29) is 18.3 Å². The molecule has 1 amide bonds. The standard InChI is InChI=1S/C22H25ClF3N3O/c1-2-20(16-7-9-17(23)10-8-16)29-13-11-28(12-14-29)15-21(30)27-19-6-4-3-5-18(19)22(24,25)26/h3-10,20H,2,11-15H2,1H3,(H,27,30). The van der Waals surface area contributed by atoms with Gasteiger partial charge in [-0.15, -0.1) is 0 Å². The van der Waals surface area contributed by atoms with Gasteiger partial charge in [0.05, 0.1) is 17.8 Å². The van der Waals surface area contributed by atoms with Crippen LogP contribution in [0.1, 0.15) is 30.5 Å². The van der Waals surface area contributed by atoms with Gasteiger partial charge in [-0.05, 0) is 36.2 Å². The van der Waals surface area contributed by atoms with Gasteiger partial charge in [-0.2, -0.15) is 13.2 Å². The second kappa shape index (κ2) is 9.81. The molecule has 1 saturated heterocycles. The molecule has 0 aromatic heterocycles. The maximum Gasteiger partial charge on any atom is 0.418 e. The molecule has 2 aromatic rings. The number of para-hydroxylation sites is 1. The van der Waals surface area contributed by atoms with E-state index < -0.39 is 17.6 Å². The number of alkyl halides is 3. The number of nitrogens with one attached hydrogen (secondary N) is 1. The molecule has 1 unspecified atom stereocenters. The summed E-state index contributed by atoms with van der Waals surface area (Å²) in [5.74, 6) is -0.440. The number of carbonyl (C=O) groups is 1. The van der Waals surface area contributed by atoms with Crippen molar-refractivity contribution in [1.29, 1.82) is 0 Å². The first kappa shape index (κ1) is 22.6. The summed E-state index contributed by atoms with van der Waals surface area (Å²) in [7, 11) is 0. The van der Waals surface area contributed by atoms with Crippen LogP contribution in [-0.2, 0) is 11.0 Å². The van der Waals surface area contributed by atoms with E-state index >= 15 is 0 Å². The number of nitrogens with zero attached hydrogens (tertiary/aromatic N) is 2. The van der Waals surface area contributed by atoms with Gasteiger partial charge in [-0.3, -0.25) is 14.6 Å². The minimum absolute atomic E-state index is 0.0672. The molecule has 1 heterocycles. The van der Waals surface area contributed by atoms with Crippen LogP contribution in [0.2, 0.25) is 5.02 Å². The fraction of sp³-hybridized carbons (Fsp3) is 0.409. The molecule has 1 atom stereocenters. The number of rotatable bonds is 6. The molecule has 0 spiro atoms. The minimum Gasteiger partial charge on any atom is -0.324 e. The Labute approximate surface area is 179 Å². The predicted molar refractivity (Wildman–Crippen MR) is 113 cm³/mol. The van der Waals surface area contributed by atoms with Gasteiger partial charge < -0.3 is 5.32 Å². The smallest absolute Gasteiger partial charge is 0.324 e. The second-order valence-electron chi connectivity index (χ2n) is 7.38. The molecule has 4 nitrogen and oxygen atoms in total. The predicted octanol–water partition coefficient (Wildman–Crippen LogP) is 5.07. The summed E-state index contributed by atoms with van der Waals surface area (Å²) >= 11 is 5.99. The van der Waals surface area contributed by atoms with Gasteiger partial charge in [0.15, 0.2) is 0 Å². The van der Waals surface area contributed by atoms with Crippen LogP contribution in [0.15, 0.2) is 48.5 Å². The maximum atomic E-state index is 13.1. The van der Waals surface area contributed by atoms with Crippen molar-refractivity contribution in [2.75, 3.05) is 38.0 Å². The first-order chi connectivity index (χ1) is 14.3. The van der Waals surface area contributed by atoms with Crippen LogP contribution < -0.4 is 5.32 Å². The van der Waals surface area contributed by atoms with Crippen LogP contribution in [-0.4, -0.2) is 48.4 Å². The van der Waals surface area contributed by atoms with Crippen molar-refractivity contribution in [3.63, 3.8) is 0 Å². The maximum absolute atomic E-state index is 13.1. The highest BCUT2D eigenvalue weighted by molar-refractivity contribution is 6.30. The SMILES string of the molecule is CCC(c1ccc(Cl)cc1)N1CCN(CC(=O)Nc2ccccc2C(F)(F)F)CC1. The van der Waals surface area contributed by atoms with E-state index in [1.54, 1.807) is 0 Å². The monoisotopic (exact) mass is 439 g/mol. The quantitative estimate of drug-likeness (QED) is 0.682. The van der Waals surface area contributed by atoms with Crippen LogP contribution in [0.3, 0.4) is 0 Å². The average molecular weight is 440 g/mol. The third-order valence-corrected chi connectivity index (χ3v) is 5.61. The van der Waals surface area contributed by atoms with Crippen LogP contribution in [0, 0.1) is 0 Å². The first-order valence-corrected chi connectivity index (χ1v) is 10.3. The zero-order chi connectivity index (χ0) is 21.7. The molecule has 0 bridgehead atoms. The molecule has 3 rings (SSSR count). The number of hydrogen-bond acceptors (Lipinski definition) is 3. The fourth-order valence-corrected chi connectivity index (χ4v) is 3.98. The van der Waals surface area contributed by atoms with Gasteiger partial charge in [0.2, 0.25) is 5.91 Å². The number of piperazine rings is 1. The van der Waals surface area contributed by atoms with Crippen molar-refractivity contribution in [1.82, 2.24) is 9.80 Å². The lowest BCUT2D eigenvalue weighted by atomic mass is 10.0. The van der Waals surface area contributed by atoms with E-state index in [9.17, 15) is 18.0 Å². The lowest BCUT2D eigenvalue weighted by molar-refractivity contribution is -0.137. The van der Waals surface area contributed by atoms with Gasteiger partial charge in [-0.1, -0.05) is 42.8 Å². The molecule has 1 N–H and O–H groups in total. The van der Waals surface area contributed by atoms with Crippen molar-refractivity contribution in [2.24, 2.45) is 0 Å². The lowest BCUT2D eigenvalue weighted by Gasteiger charge is -2.39. The van der Waals surface area contributed by atoms with E-state index in [4.69, 9.17) is 11.6 Å². The number of benzene rings is 2. The van der Waals surface area contributed by atoms with Crippen molar-refractivity contribution >= 4 is 23.2 Å². The molecule has 2 aromatic carbocycles. The zero-order valence-corrected chi connectivity index (χ0v) is 17.5. The van der Waals surface area contributed by atoms with Crippen LogP contribution in [0.25, 0.3) is 0 Å². The molecule has 1 aliphatic heterocycles. The van der Waals surface area contributed by atoms with Gasteiger partial charge in [0.25, 0.3) is 0 Å². The van der Waals surface area contributed by atoms with Crippen molar-refractivity contribution in [3.05, 3.63) is 64.7 Å². The summed E-state index contributed by atoms with van der Waals surface area (Å²) < 4.78 is 39.3. The summed E-state index contributed by atoms with van der Waals surface area (Å²) in [6.45, 7) is 5.13.